The lowest BCUT2D eigenvalue weighted by atomic mass is 10.1. The van der Waals surface area contributed by atoms with Crippen LogP contribution in [-0.4, -0.2) is 33.2 Å². The van der Waals surface area contributed by atoms with E-state index in [1.165, 1.54) is 17.1 Å². The van der Waals surface area contributed by atoms with Crippen molar-refractivity contribution in [3.05, 3.63) is 42.0 Å². The second-order valence-corrected chi connectivity index (χ2v) is 3.91. The second kappa shape index (κ2) is 5.35. The smallest absolute Gasteiger partial charge is 0.256 e. The number of carbonyl (C=O) groups excluding carboxylic acids is 2. The van der Waals surface area contributed by atoms with Crippen molar-refractivity contribution in [2.75, 3.05) is 6.54 Å². The van der Waals surface area contributed by atoms with Gasteiger partial charge in [-0.15, -0.1) is 0 Å². The molecule has 2 amide bonds. The van der Waals surface area contributed by atoms with Crippen LogP contribution in [-0.2, 0) is 9.59 Å². The van der Waals surface area contributed by atoms with Gasteiger partial charge in [-0.25, -0.2) is 9.97 Å². The largest absolute Gasteiger partial charge is 0.275 e. The first kappa shape index (κ1) is 12.2. The first-order chi connectivity index (χ1) is 8.68. The molecule has 2 rings (SSSR count). The predicted octanol–water partition coefficient (Wildman–Crippen LogP) is 1.20. The highest BCUT2D eigenvalue weighted by Gasteiger charge is 2.23. The average Bonchev–Trinajstić information content (AvgIpc) is 2.40. The van der Waals surface area contributed by atoms with E-state index in [-0.39, 0.29) is 11.8 Å². The maximum absolute atomic E-state index is 11.9. The lowest BCUT2D eigenvalue weighted by Crippen LogP contribution is -2.39. The SMILES string of the molecule is CC1=CCCN(C(=O)/C=C/c2ncccn2)C1=O. The molecular formula is C13H13N3O2. The van der Waals surface area contributed by atoms with Gasteiger partial charge in [-0.2, -0.15) is 0 Å². The summed E-state index contributed by atoms with van der Waals surface area (Å²) in [7, 11) is 0. The van der Waals surface area contributed by atoms with Crippen molar-refractivity contribution in [2.45, 2.75) is 13.3 Å². The number of nitrogens with zero attached hydrogens (tertiary/aromatic N) is 3. The minimum atomic E-state index is -0.333. The number of amides is 2. The van der Waals surface area contributed by atoms with Gasteiger partial charge >= 0.3 is 0 Å². The number of imide groups is 1. The molecule has 2 heterocycles. The number of hydrogen-bond acceptors (Lipinski definition) is 4. The monoisotopic (exact) mass is 243 g/mol. The summed E-state index contributed by atoms with van der Waals surface area (Å²) in [6, 6.07) is 1.70. The van der Waals surface area contributed by atoms with Crippen LogP contribution in [0.5, 0.6) is 0 Å². The third-order valence-electron chi connectivity index (χ3n) is 2.61. The molecule has 1 aromatic heterocycles. The summed E-state index contributed by atoms with van der Waals surface area (Å²) < 4.78 is 0. The molecule has 0 spiro atoms. The third-order valence-corrected chi connectivity index (χ3v) is 2.61. The maximum atomic E-state index is 11.9. The van der Waals surface area contributed by atoms with Crippen molar-refractivity contribution in [1.82, 2.24) is 14.9 Å². The summed E-state index contributed by atoms with van der Waals surface area (Å²) >= 11 is 0. The Balaban J connectivity index is 2.07. The Labute approximate surface area is 105 Å². The van der Waals surface area contributed by atoms with Gasteiger partial charge in [0.05, 0.1) is 0 Å². The molecule has 0 saturated heterocycles. The molecule has 0 aliphatic carbocycles. The van der Waals surface area contributed by atoms with Crippen molar-refractivity contribution in [1.29, 1.82) is 0 Å². The molecule has 1 aliphatic heterocycles. The van der Waals surface area contributed by atoms with Crippen LogP contribution in [0.3, 0.4) is 0 Å². The molecule has 0 saturated carbocycles. The third kappa shape index (κ3) is 2.68. The number of carbonyl (C=O) groups is 2. The van der Waals surface area contributed by atoms with Crippen LogP contribution >= 0.6 is 0 Å². The summed E-state index contributed by atoms with van der Waals surface area (Å²) in [6.07, 6.45) is 8.57. The van der Waals surface area contributed by atoms with Crippen LogP contribution in [0.2, 0.25) is 0 Å². The van der Waals surface area contributed by atoms with E-state index in [9.17, 15) is 9.59 Å². The lowest BCUT2D eigenvalue weighted by Gasteiger charge is -2.22. The summed E-state index contributed by atoms with van der Waals surface area (Å²) in [5, 5.41) is 0. The Hall–Kier alpha value is -2.30. The molecule has 0 atom stereocenters. The number of hydrogen-bond donors (Lipinski definition) is 0. The molecule has 0 aromatic carbocycles. The van der Waals surface area contributed by atoms with Crippen molar-refractivity contribution >= 4 is 17.9 Å². The van der Waals surface area contributed by atoms with Gasteiger partial charge in [0.2, 0.25) is 0 Å². The zero-order chi connectivity index (χ0) is 13.0. The van der Waals surface area contributed by atoms with Gasteiger partial charge in [-0.05, 0) is 25.5 Å². The molecular weight excluding hydrogens is 230 g/mol. The molecule has 0 unspecified atom stereocenters. The number of rotatable bonds is 2. The molecule has 0 N–H and O–H groups in total. The van der Waals surface area contributed by atoms with Crippen LogP contribution in [0, 0.1) is 0 Å². The van der Waals surface area contributed by atoms with Crippen LogP contribution in [0.25, 0.3) is 6.08 Å². The van der Waals surface area contributed by atoms with Gasteiger partial charge in [0.1, 0.15) is 0 Å². The molecule has 1 aromatic rings. The molecule has 5 nitrogen and oxygen atoms in total. The standard InChI is InChI=1S/C13H13N3O2/c1-10-4-2-9-16(13(10)18)12(17)6-5-11-14-7-3-8-15-11/h3-8H,2,9H2,1H3/b6-5+. The minimum Gasteiger partial charge on any atom is -0.275 e. The summed E-state index contributed by atoms with van der Waals surface area (Å²) in [6.45, 7) is 2.14. The first-order valence-electron chi connectivity index (χ1n) is 5.66. The maximum Gasteiger partial charge on any atom is 0.256 e. The summed E-state index contributed by atoms with van der Waals surface area (Å²) in [5.74, 6) is -0.118. The zero-order valence-electron chi connectivity index (χ0n) is 10.0. The van der Waals surface area contributed by atoms with Crippen molar-refractivity contribution in [3.8, 4) is 0 Å². The van der Waals surface area contributed by atoms with E-state index < -0.39 is 0 Å². The Kier molecular flexibility index (Phi) is 3.62. The lowest BCUT2D eigenvalue weighted by molar-refractivity contribution is -0.139. The second-order valence-electron chi connectivity index (χ2n) is 3.91. The van der Waals surface area contributed by atoms with Crippen molar-refractivity contribution < 1.29 is 9.59 Å². The van der Waals surface area contributed by atoms with Crippen LogP contribution < -0.4 is 0 Å². The fourth-order valence-electron chi connectivity index (χ4n) is 1.65. The highest BCUT2D eigenvalue weighted by Crippen LogP contribution is 2.11. The Morgan fingerprint density at radius 3 is 2.83 bits per heavy atom. The molecule has 0 fully saturated rings. The van der Waals surface area contributed by atoms with Gasteiger partial charge in [0.25, 0.3) is 11.8 Å². The van der Waals surface area contributed by atoms with Crippen LogP contribution in [0.1, 0.15) is 19.2 Å². The quantitative estimate of drug-likeness (QED) is 0.732. The van der Waals surface area contributed by atoms with Crippen LogP contribution in [0.4, 0.5) is 0 Å². The molecule has 0 bridgehead atoms. The fraction of sp³-hybridized carbons (Fsp3) is 0.231. The van der Waals surface area contributed by atoms with Gasteiger partial charge in [0.15, 0.2) is 5.82 Å². The Bertz CT molecular complexity index is 520. The average molecular weight is 243 g/mol. The predicted molar refractivity (Wildman–Crippen MR) is 66.2 cm³/mol. The summed E-state index contributed by atoms with van der Waals surface area (Å²) in [4.78, 5) is 32.8. The van der Waals surface area contributed by atoms with E-state index in [0.717, 1.165) is 0 Å². The number of aromatic nitrogens is 2. The summed E-state index contributed by atoms with van der Waals surface area (Å²) in [5.41, 5.74) is 0.610. The Morgan fingerprint density at radius 1 is 1.39 bits per heavy atom. The highest BCUT2D eigenvalue weighted by molar-refractivity contribution is 6.08. The van der Waals surface area contributed by atoms with Gasteiger partial charge in [-0.1, -0.05) is 6.08 Å². The van der Waals surface area contributed by atoms with E-state index in [0.29, 0.717) is 24.4 Å². The molecule has 5 heteroatoms. The fourth-order valence-corrected chi connectivity index (χ4v) is 1.65. The van der Waals surface area contributed by atoms with Gasteiger partial charge < -0.3 is 0 Å². The first-order valence-corrected chi connectivity index (χ1v) is 5.66. The van der Waals surface area contributed by atoms with Crippen molar-refractivity contribution in [3.63, 3.8) is 0 Å². The molecule has 1 aliphatic rings. The topological polar surface area (TPSA) is 63.2 Å². The van der Waals surface area contributed by atoms with E-state index >= 15 is 0 Å². The molecule has 0 radical (unpaired) electrons. The molecule has 18 heavy (non-hydrogen) atoms. The van der Waals surface area contributed by atoms with Crippen LogP contribution in [0.15, 0.2) is 36.2 Å². The van der Waals surface area contributed by atoms with Gasteiger partial charge in [-0.3, -0.25) is 14.5 Å². The van der Waals surface area contributed by atoms with Gasteiger partial charge in [0, 0.05) is 30.6 Å². The highest BCUT2D eigenvalue weighted by atomic mass is 16.2. The Morgan fingerprint density at radius 2 is 2.11 bits per heavy atom. The normalized spacial score (nSPS) is 15.9. The van der Waals surface area contributed by atoms with E-state index in [4.69, 9.17) is 0 Å². The molecule has 92 valence electrons. The van der Waals surface area contributed by atoms with E-state index in [2.05, 4.69) is 9.97 Å². The van der Waals surface area contributed by atoms with E-state index in [1.807, 2.05) is 6.08 Å². The minimum absolute atomic E-state index is 0.232. The zero-order valence-corrected chi connectivity index (χ0v) is 10.0. The van der Waals surface area contributed by atoms with E-state index in [1.54, 1.807) is 25.4 Å². The van der Waals surface area contributed by atoms with Crippen molar-refractivity contribution in [2.24, 2.45) is 0 Å².